The van der Waals surface area contributed by atoms with Crippen molar-refractivity contribution in [3.8, 4) is 0 Å². The van der Waals surface area contributed by atoms with Crippen LogP contribution in [0.15, 0.2) is 36.4 Å². The van der Waals surface area contributed by atoms with E-state index in [1.807, 2.05) is 38.2 Å². The molecule has 0 unspecified atom stereocenters. The summed E-state index contributed by atoms with van der Waals surface area (Å²) in [6.45, 7) is 7.78. The van der Waals surface area contributed by atoms with Gasteiger partial charge in [-0.1, -0.05) is 38.1 Å². The van der Waals surface area contributed by atoms with Crippen molar-refractivity contribution in [2.24, 2.45) is 0 Å². The molecule has 1 amide bonds. The van der Waals surface area contributed by atoms with Crippen LogP contribution in [0.25, 0.3) is 0 Å². The van der Waals surface area contributed by atoms with Gasteiger partial charge >= 0.3 is 0 Å². The summed E-state index contributed by atoms with van der Waals surface area (Å²) in [5.74, 6) is 1.40. The fourth-order valence-corrected chi connectivity index (χ4v) is 3.45. The lowest BCUT2D eigenvalue weighted by molar-refractivity contribution is -0.121. The first kappa shape index (κ1) is 19.3. The summed E-state index contributed by atoms with van der Waals surface area (Å²) in [5, 5.41) is 14.9. The van der Waals surface area contributed by atoms with Gasteiger partial charge in [-0.2, -0.15) is 5.10 Å². The van der Waals surface area contributed by atoms with Crippen molar-refractivity contribution >= 4 is 11.7 Å². The second kappa shape index (κ2) is 8.48. The average Bonchev–Trinajstić information content (AvgIpc) is 3.05. The van der Waals surface area contributed by atoms with Crippen molar-refractivity contribution in [1.82, 2.24) is 20.8 Å². The van der Waals surface area contributed by atoms with Gasteiger partial charge in [0.15, 0.2) is 5.82 Å². The fraction of sp³-hybridized carbons (Fsp3) is 0.476. The molecule has 1 aliphatic heterocycles. The first-order chi connectivity index (χ1) is 13.0. The molecule has 2 N–H and O–H groups in total. The van der Waals surface area contributed by atoms with Crippen molar-refractivity contribution in [1.29, 1.82) is 0 Å². The van der Waals surface area contributed by atoms with E-state index in [-0.39, 0.29) is 18.0 Å². The maximum absolute atomic E-state index is 12.6. The third-order valence-electron chi connectivity index (χ3n) is 5.16. The number of rotatable bonds is 6. The molecule has 2 atom stereocenters. The summed E-state index contributed by atoms with van der Waals surface area (Å²) in [6, 6.07) is 12.5. The number of anilines is 1. The number of hydrogen-bond donors (Lipinski definition) is 2. The minimum absolute atomic E-state index is 0.0422. The van der Waals surface area contributed by atoms with Gasteiger partial charge in [0.25, 0.3) is 0 Å². The topological polar surface area (TPSA) is 70.2 Å². The highest BCUT2D eigenvalue weighted by Gasteiger charge is 2.33. The Kier molecular flexibility index (Phi) is 6.06. The highest BCUT2D eigenvalue weighted by molar-refractivity contribution is 5.79. The zero-order valence-electron chi connectivity index (χ0n) is 16.6. The van der Waals surface area contributed by atoms with E-state index in [0.29, 0.717) is 12.3 Å². The number of carbonyl (C=O) groups excluding carboxylic acids is 1. The van der Waals surface area contributed by atoms with Crippen molar-refractivity contribution < 1.29 is 4.79 Å². The van der Waals surface area contributed by atoms with E-state index in [9.17, 15) is 4.79 Å². The molecule has 3 rings (SSSR count). The number of hydrogen-bond acceptors (Lipinski definition) is 5. The number of carbonyl (C=O) groups is 1. The Labute approximate surface area is 161 Å². The van der Waals surface area contributed by atoms with E-state index in [2.05, 4.69) is 51.7 Å². The van der Waals surface area contributed by atoms with Crippen LogP contribution < -0.4 is 15.5 Å². The highest BCUT2D eigenvalue weighted by Crippen LogP contribution is 2.18. The molecular formula is C21H29N5O. The lowest BCUT2D eigenvalue weighted by Gasteiger charge is -2.19. The maximum Gasteiger partial charge on any atom is 0.224 e. The normalized spacial score (nSPS) is 19.5. The average molecular weight is 367 g/mol. The summed E-state index contributed by atoms with van der Waals surface area (Å²) in [5.41, 5.74) is 3.23. The molecule has 0 spiro atoms. The molecule has 6 heteroatoms. The summed E-state index contributed by atoms with van der Waals surface area (Å²) in [6.07, 6.45) is 0.398. The van der Waals surface area contributed by atoms with Gasteiger partial charge in [0.1, 0.15) is 0 Å². The first-order valence-corrected chi connectivity index (χ1v) is 9.57. The summed E-state index contributed by atoms with van der Waals surface area (Å²) >= 11 is 0. The van der Waals surface area contributed by atoms with Gasteiger partial charge < -0.3 is 15.5 Å². The van der Waals surface area contributed by atoms with Crippen LogP contribution in [0.3, 0.4) is 0 Å². The molecule has 1 saturated heterocycles. The quantitative estimate of drug-likeness (QED) is 0.818. The molecule has 0 bridgehead atoms. The second-order valence-electron chi connectivity index (χ2n) is 7.58. The van der Waals surface area contributed by atoms with E-state index in [1.54, 1.807) is 0 Å². The summed E-state index contributed by atoms with van der Waals surface area (Å²) in [4.78, 5) is 14.7. The van der Waals surface area contributed by atoms with E-state index in [0.717, 1.165) is 30.2 Å². The van der Waals surface area contributed by atoms with Gasteiger partial charge in [0.05, 0.1) is 18.2 Å². The Hall–Kier alpha value is -2.47. The predicted octanol–water partition coefficient (Wildman–Crippen LogP) is 2.04. The van der Waals surface area contributed by atoms with Crippen LogP contribution >= 0.6 is 0 Å². The van der Waals surface area contributed by atoms with Gasteiger partial charge in [0.2, 0.25) is 5.91 Å². The monoisotopic (exact) mass is 367 g/mol. The molecule has 1 aromatic heterocycles. The fourth-order valence-electron chi connectivity index (χ4n) is 3.45. The Bertz CT molecular complexity index is 757. The van der Waals surface area contributed by atoms with E-state index < -0.39 is 0 Å². The lowest BCUT2D eigenvalue weighted by Crippen LogP contribution is -2.48. The molecule has 2 aromatic rings. The van der Waals surface area contributed by atoms with Gasteiger partial charge in [-0.25, -0.2) is 0 Å². The van der Waals surface area contributed by atoms with Gasteiger partial charge in [-0.05, 0) is 43.1 Å². The SMILES string of the molecule is CN[C@H]1CN(c2ccc(C)nn2)C[C@@H]1NC(=O)Cc1ccc(C(C)C)cc1. The summed E-state index contributed by atoms with van der Waals surface area (Å²) < 4.78 is 0. The minimum Gasteiger partial charge on any atom is -0.351 e. The first-order valence-electron chi connectivity index (χ1n) is 9.57. The molecule has 27 heavy (non-hydrogen) atoms. The van der Waals surface area contributed by atoms with Gasteiger partial charge in [-0.3, -0.25) is 4.79 Å². The Balaban J connectivity index is 1.59. The highest BCUT2D eigenvalue weighted by atomic mass is 16.1. The number of aromatic nitrogens is 2. The maximum atomic E-state index is 12.6. The molecule has 0 aliphatic carbocycles. The van der Waals surface area contributed by atoms with Crippen LogP contribution in [0.2, 0.25) is 0 Å². The number of nitrogens with one attached hydrogen (secondary N) is 2. The van der Waals surface area contributed by atoms with E-state index in [1.165, 1.54) is 5.56 Å². The van der Waals surface area contributed by atoms with Crippen LogP contribution in [-0.4, -0.2) is 48.3 Å². The van der Waals surface area contributed by atoms with Crippen molar-refractivity contribution in [2.45, 2.75) is 45.2 Å². The third-order valence-corrected chi connectivity index (χ3v) is 5.16. The molecule has 0 radical (unpaired) electrons. The van der Waals surface area contributed by atoms with Crippen LogP contribution in [0.5, 0.6) is 0 Å². The Morgan fingerprint density at radius 3 is 2.41 bits per heavy atom. The van der Waals surface area contributed by atoms with E-state index >= 15 is 0 Å². The van der Waals surface area contributed by atoms with Crippen LogP contribution in [0, 0.1) is 6.92 Å². The smallest absolute Gasteiger partial charge is 0.224 e. The Morgan fingerprint density at radius 1 is 1.11 bits per heavy atom. The molecule has 2 heterocycles. The van der Waals surface area contributed by atoms with Crippen LogP contribution in [0.4, 0.5) is 5.82 Å². The summed E-state index contributed by atoms with van der Waals surface area (Å²) in [7, 11) is 1.93. The Morgan fingerprint density at radius 2 is 1.81 bits per heavy atom. The molecule has 1 aliphatic rings. The molecular weight excluding hydrogens is 338 g/mol. The standard InChI is InChI=1S/C21H29N5O/c1-14(2)17-8-6-16(7-9-17)11-21(27)23-19-13-26(12-18(19)22-4)20-10-5-15(3)24-25-20/h5-10,14,18-19,22H,11-13H2,1-4H3,(H,23,27)/t18-,19-/m0/s1. The van der Waals surface area contributed by atoms with Gasteiger partial charge in [0, 0.05) is 19.1 Å². The molecule has 1 fully saturated rings. The number of amides is 1. The lowest BCUT2D eigenvalue weighted by atomic mass is 10.0. The van der Waals surface area contributed by atoms with Gasteiger partial charge in [-0.15, -0.1) is 5.10 Å². The molecule has 0 saturated carbocycles. The van der Waals surface area contributed by atoms with Crippen molar-refractivity contribution in [3.63, 3.8) is 0 Å². The number of benzene rings is 1. The zero-order valence-corrected chi connectivity index (χ0v) is 16.6. The second-order valence-corrected chi connectivity index (χ2v) is 7.58. The van der Waals surface area contributed by atoms with E-state index in [4.69, 9.17) is 0 Å². The van der Waals surface area contributed by atoms with Crippen molar-refractivity contribution in [3.05, 3.63) is 53.2 Å². The third kappa shape index (κ3) is 4.83. The number of nitrogens with zero attached hydrogens (tertiary/aromatic N) is 3. The van der Waals surface area contributed by atoms with Crippen LogP contribution in [-0.2, 0) is 11.2 Å². The zero-order chi connectivity index (χ0) is 19.4. The largest absolute Gasteiger partial charge is 0.351 e. The predicted molar refractivity (Wildman–Crippen MR) is 108 cm³/mol. The minimum atomic E-state index is 0.0422. The number of aryl methyl sites for hydroxylation is 1. The van der Waals surface area contributed by atoms with Crippen LogP contribution in [0.1, 0.15) is 36.6 Å². The number of likely N-dealkylation sites (N-methyl/N-ethyl adjacent to an activating group) is 1. The van der Waals surface area contributed by atoms with Crippen molar-refractivity contribution in [2.75, 3.05) is 25.0 Å². The molecule has 6 nitrogen and oxygen atoms in total. The molecule has 144 valence electrons. The molecule has 1 aromatic carbocycles.